The molecule has 4 rings (SSSR count). The Morgan fingerprint density at radius 3 is 2.62 bits per heavy atom. The van der Waals surface area contributed by atoms with E-state index in [-0.39, 0.29) is 17.9 Å². The Kier molecular flexibility index (Phi) is 5.64. The van der Waals surface area contributed by atoms with Gasteiger partial charge in [-0.15, -0.1) is 0 Å². The first-order valence-electron chi connectivity index (χ1n) is 9.56. The summed E-state index contributed by atoms with van der Waals surface area (Å²) >= 11 is 3.41. The minimum absolute atomic E-state index is 0.0545. The molecule has 0 spiro atoms. The number of para-hydroxylation sites is 1. The fourth-order valence-electron chi connectivity index (χ4n) is 3.57. The van der Waals surface area contributed by atoms with Crippen LogP contribution in [0, 0.1) is 0 Å². The zero-order valence-corrected chi connectivity index (χ0v) is 17.6. The van der Waals surface area contributed by atoms with Gasteiger partial charge in [-0.1, -0.05) is 40.2 Å². The number of carbonyl (C=O) groups is 2. The van der Waals surface area contributed by atoms with Gasteiger partial charge < -0.3 is 10.2 Å². The molecule has 0 radical (unpaired) electrons. The standard InChI is InChI=1S/C21H22BrN5O2/c1-14(20(28)23-16-6-4-5-15(22)13-16)26-9-11-27(12-10-26)21(29)19-17-7-2-3-8-18(17)24-25-19/h2-8,13-14H,9-12H2,1H3,(H,23,28)(H,24,25). The van der Waals surface area contributed by atoms with Gasteiger partial charge in [0.2, 0.25) is 5.91 Å². The van der Waals surface area contributed by atoms with Crippen LogP contribution in [0.1, 0.15) is 17.4 Å². The van der Waals surface area contributed by atoms with E-state index in [0.717, 1.165) is 21.1 Å². The Labute approximate surface area is 177 Å². The number of benzene rings is 2. The predicted molar refractivity (Wildman–Crippen MR) is 116 cm³/mol. The molecule has 3 aromatic rings. The topological polar surface area (TPSA) is 81.3 Å². The third kappa shape index (κ3) is 4.18. The zero-order valence-electron chi connectivity index (χ0n) is 16.1. The SMILES string of the molecule is CC(C(=O)Nc1cccc(Br)c1)N1CCN(C(=O)c2n[nH]c3ccccc23)CC1. The van der Waals surface area contributed by atoms with E-state index in [9.17, 15) is 9.59 Å². The van der Waals surface area contributed by atoms with Crippen LogP contribution < -0.4 is 5.32 Å². The lowest BCUT2D eigenvalue weighted by molar-refractivity contribution is -0.121. The van der Waals surface area contributed by atoms with E-state index in [0.29, 0.717) is 31.9 Å². The van der Waals surface area contributed by atoms with Crippen LogP contribution in [0.5, 0.6) is 0 Å². The number of hydrogen-bond acceptors (Lipinski definition) is 4. The third-order valence-corrected chi connectivity index (χ3v) is 5.79. The first kappa shape index (κ1) is 19.6. The number of amides is 2. The smallest absolute Gasteiger partial charge is 0.275 e. The van der Waals surface area contributed by atoms with Crippen LogP contribution in [0.3, 0.4) is 0 Å². The maximum Gasteiger partial charge on any atom is 0.275 e. The van der Waals surface area contributed by atoms with Gasteiger partial charge in [0, 0.05) is 41.7 Å². The Balaban J connectivity index is 1.36. The van der Waals surface area contributed by atoms with Crippen LogP contribution in [0.15, 0.2) is 53.0 Å². The van der Waals surface area contributed by atoms with Gasteiger partial charge >= 0.3 is 0 Å². The minimum atomic E-state index is -0.280. The van der Waals surface area contributed by atoms with Crippen molar-refractivity contribution in [1.82, 2.24) is 20.0 Å². The van der Waals surface area contributed by atoms with Gasteiger partial charge in [-0.2, -0.15) is 5.10 Å². The molecule has 150 valence electrons. The van der Waals surface area contributed by atoms with Crippen molar-refractivity contribution in [2.45, 2.75) is 13.0 Å². The number of nitrogens with zero attached hydrogens (tertiary/aromatic N) is 3. The van der Waals surface area contributed by atoms with E-state index in [1.165, 1.54) is 0 Å². The quantitative estimate of drug-likeness (QED) is 0.633. The van der Waals surface area contributed by atoms with E-state index in [4.69, 9.17) is 0 Å². The van der Waals surface area contributed by atoms with Crippen molar-refractivity contribution in [2.24, 2.45) is 0 Å². The van der Waals surface area contributed by atoms with Crippen molar-refractivity contribution in [3.05, 3.63) is 58.7 Å². The Hall–Kier alpha value is -2.71. The lowest BCUT2D eigenvalue weighted by Crippen LogP contribution is -2.54. The van der Waals surface area contributed by atoms with Gasteiger partial charge in [-0.25, -0.2) is 0 Å². The van der Waals surface area contributed by atoms with Crippen molar-refractivity contribution < 1.29 is 9.59 Å². The molecular formula is C21H22BrN5O2. The van der Waals surface area contributed by atoms with Crippen LogP contribution in [-0.2, 0) is 4.79 Å². The van der Waals surface area contributed by atoms with Gasteiger partial charge in [0.1, 0.15) is 0 Å². The second-order valence-corrected chi connectivity index (χ2v) is 8.04. The summed E-state index contributed by atoms with van der Waals surface area (Å²) in [5, 5.41) is 10.9. The molecular weight excluding hydrogens is 434 g/mol. The molecule has 7 nitrogen and oxygen atoms in total. The summed E-state index contributed by atoms with van der Waals surface area (Å²) in [6.45, 7) is 4.30. The van der Waals surface area contributed by atoms with Gasteiger partial charge in [0.25, 0.3) is 5.91 Å². The number of piperazine rings is 1. The van der Waals surface area contributed by atoms with Crippen LogP contribution in [0.4, 0.5) is 5.69 Å². The second-order valence-electron chi connectivity index (χ2n) is 7.12. The summed E-state index contributed by atoms with van der Waals surface area (Å²) < 4.78 is 0.918. The molecule has 8 heteroatoms. The summed E-state index contributed by atoms with van der Waals surface area (Å²) in [5.41, 5.74) is 2.07. The molecule has 1 unspecified atom stereocenters. The molecule has 0 saturated carbocycles. The Morgan fingerprint density at radius 1 is 1.10 bits per heavy atom. The maximum absolute atomic E-state index is 12.9. The highest BCUT2D eigenvalue weighted by Crippen LogP contribution is 2.19. The monoisotopic (exact) mass is 455 g/mol. The summed E-state index contributed by atoms with van der Waals surface area (Å²) in [5.74, 6) is -0.130. The fraction of sp³-hybridized carbons (Fsp3) is 0.286. The van der Waals surface area contributed by atoms with Crippen molar-refractivity contribution in [3.63, 3.8) is 0 Å². The highest BCUT2D eigenvalue weighted by atomic mass is 79.9. The molecule has 1 atom stereocenters. The zero-order chi connectivity index (χ0) is 20.4. The first-order chi connectivity index (χ1) is 14.0. The lowest BCUT2D eigenvalue weighted by Gasteiger charge is -2.37. The van der Waals surface area contributed by atoms with Crippen LogP contribution in [0.25, 0.3) is 10.9 Å². The lowest BCUT2D eigenvalue weighted by atomic mass is 10.1. The highest BCUT2D eigenvalue weighted by Gasteiger charge is 2.29. The van der Waals surface area contributed by atoms with Crippen LogP contribution >= 0.6 is 15.9 Å². The highest BCUT2D eigenvalue weighted by molar-refractivity contribution is 9.10. The number of rotatable bonds is 4. The molecule has 2 aromatic carbocycles. The van der Waals surface area contributed by atoms with E-state index < -0.39 is 0 Å². The van der Waals surface area contributed by atoms with Crippen molar-refractivity contribution in [3.8, 4) is 0 Å². The molecule has 29 heavy (non-hydrogen) atoms. The number of aromatic amines is 1. The number of halogens is 1. The molecule has 2 N–H and O–H groups in total. The molecule has 1 aliphatic heterocycles. The average molecular weight is 456 g/mol. The summed E-state index contributed by atoms with van der Waals surface area (Å²) in [6.07, 6.45) is 0. The Morgan fingerprint density at radius 2 is 1.86 bits per heavy atom. The van der Waals surface area contributed by atoms with Crippen molar-refractivity contribution in [2.75, 3.05) is 31.5 Å². The van der Waals surface area contributed by atoms with Crippen molar-refractivity contribution in [1.29, 1.82) is 0 Å². The summed E-state index contributed by atoms with van der Waals surface area (Å²) in [6, 6.07) is 14.9. The predicted octanol–water partition coefficient (Wildman–Crippen LogP) is 3.11. The maximum atomic E-state index is 12.9. The second kappa shape index (κ2) is 8.34. The largest absolute Gasteiger partial charge is 0.335 e. The van der Waals surface area contributed by atoms with Crippen LogP contribution in [-0.4, -0.2) is 64.0 Å². The molecule has 0 bridgehead atoms. The Bertz CT molecular complexity index is 1040. The number of aromatic nitrogens is 2. The first-order valence-corrected chi connectivity index (χ1v) is 10.3. The molecule has 1 aromatic heterocycles. The number of nitrogens with one attached hydrogen (secondary N) is 2. The van der Waals surface area contributed by atoms with E-state index in [2.05, 4.69) is 36.3 Å². The van der Waals surface area contributed by atoms with Gasteiger partial charge in [0.05, 0.1) is 11.6 Å². The van der Waals surface area contributed by atoms with E-state index in [1.807, 2.05) is 55.5 Å². The fourth-order valence-corrected chi connectivity index (χ4v) is 3.97. The van der Waals surface area contributed by atoms with Crippen LogP contribution in [0.2, 0.25) is 0 Å². The molecule has 2 heterocycles. The van der Waals surface area contributed by atoms with Gasteiger partial charge in [-0.05, 0) is 31.2 Å². The van der Waals surface area contributed by atoms with Gasteiger partial charge in [0.15, 0.2) is 5.69 Å². The average Bonchev–Trinajstić information content (AvgIpc) is 3.17. The molecule has 0 aliphatic carbocycles. The number of anilines is 1. The summed E-state index contributed by atoms with van der Waals surface area (Å²) in [4.78, 5) is 29.4. The number of H-pyrrole nitrogens is 1. The third-order valence-electron chi connectivity index (χ3n) is 5.29. The number of hydrogen-bond donors (Lipinski definition) is 2. The summed E-state index contributed by atoms with van der Waals surface area (Å²) in [7, 11) is 0. The molecule has 1 aliphatic rings. The number of fused-ring (bicyclic) bond motifs is 1. The molecule has 1 fully saturated rings. The minimum Gasteiger partial charge on any atom is -0.335 e. The molecule has 2 amide bonds. The normalized spacial score (nSPS) is 16.0. The van der Waals surface area contributed by atoms with E-state index in [1.54, 1.807) is 4.90 Å². The van der Waals surface area contributed by atoms with Gasteiger partial charge in [-0.3, -0.25) is 19.6 Å². The number of carbonyl (C=O) groups excluding carboxylic acids is 2. The van der Waals surface area contributed by atoms with E-state index >= 15 is 0 Å². The molecule has 1 saturated heterocycles. The van der Waals surface area contributed by atoms with Crippen molar-refractivity contribution >= 4 is 44.3 Å².